The Labute approximate surface area is 185 Å². The van der Waals surface area contributed by atoms with Crippen LogP contribution in [0.3, 0.4) is 0 Å². The molecule has 0 saturated heterocycles. The molecule has 2 N–H and O–H groups in total. The minimum Gasteiger partial charge on any atom is -0.478 e. The minimum atomic E-state index is -2.68. The van der Waals surface area contributed by atoms with Crippen molar-refractivity contribution in [3.8, 4) is 23.2 Å². The summed E-state index contributed by atoms with van der Waals surface area (Å²) in [5.74, 6) is 5.35. The van der Waals surface area contributed by atoms with Crippen molar-refractivity contribution in [1.29, 1.82) is 0 Å². The van der Waals surface area contributed by atoms with Crippen LogP contribution in [0.1, 0.15) is 28.7 Å². The van der Waals surface area contributed by atoms with Gasteiger partial charge in [0.1, 0.15) is 18.2 Å². The van der Waals surface area contributed by atoms with E-state index in [1.54, 1.807) is 29.9 Å². The summed E-state index contributed by atoms with van der Waals surface area (Å²) in [6, 6.07) is 6.30. The first-order chi connectivity index (χ1) is 15.9. The van der Waals surface area contributed by atoms with Gasteiger partial charge in [-0.2, -0.15) is 5.10 Å². The Hall–Kier alpha value is -4.33. The number of aromatic nitrogens is 6. The lowest BCUT2D eigenvalue weighted by Gasteiger charge is -2.09. The van der Waals surface area contributed by atoms with Gasteiger partial charge in [-0.1, -0.05) is 24.8 Å². The number of H-pyrrole nitrogens is 1. The van der Waals surface area contributed by atoms with Crippen molar-refractivity contribution in [3.63, 3.8) is 0 Å². The van der Waals surface area contributed by atoms with E-state index in [0.29, 0.717) is 23.4 Å². The van der Waals surface area contributed by atoms with Gasteiger partial charge in [-0.05, 0) is 18.2 Å². The SMILES string of the molecule is CCc1nc2nc(-c3cnn(CC#Cc4cccc(C(=O)O)c4)c3)[nH]c2c(=O)n1CC(F)F. The molecule has 0 fully saturated rings. The Morgan fingerprint density at radius 3 is 2.85 bits per heavy atom. The molecule has 11 heteroatoms. The molecule has 0 aliphatic heterocycles. The van der Waals surface area contributed by atoms with Gasteiger partial charge in [0, 0.05) is 18.2 Å². The fourth-order valence-electron chi connectivity index (χ4n) is 3.29. The molecule has 3 aromatic heterocycles. The topological polar surface area (TPSA) is 119 Å². The second-order valence-electron chi connectivity index (χ2n) is 7.09. The number of halogens is 2. The van der Waals surface area contributed by atoms with Crippen molar-refractivity contribution in [2.24, 2.45) is 0 Å². The first kappa shape index (κ1) is 21.9. The number of carboxylic acids is 1. The zero-order valence-corrected chi connectivity index (χ0v) is 17.4. The van der Waals surface area contributed by atoms with Crippen LogP contribution in [0.25, 0.3) is 22.6 Å². The van der Waals surface area contributed by atoms with Crippen molar-refractivity contribution in [2.45, 2.75) is 32.9 Å². The average molecular weight is 452 g/mol. The lowest BCUT2D eigenvalue weighted by molar-refractivity contribution is 0.0696. The quantitative estimate of drug-likeness (QED) is 0.434. The first-order valence-electron chi connectivity index (χ1n) is 9.98. The number of aromatic amines is 1. The van der Waals surface area contributed by atoms with Crippen molar-refractivity contribution in [2.75, 3.05) is 0 Å². The Kier molecular flexibility index (Phi) is 5.99. The van der Waals surface area contributed by atoms with Crippen LogP contribution in [0, 0.1) is 11.8 Å². The Balaban J connectivity index is 1.58. The number of nitrogens with one attached hydrogen (secondary N) is 1. The predicted molar refractivity (Wildman–Crippen MR) is 115 cm³/mol. The maximum absolute atomic E-state index is 12.9. The highest BCUT2D eigenvalue weighted by molar-refractivity contribution is 5.88. The van der Waals surface area contributed by atoms with Crippen LogP contribution in [0.15, 0.2) is 41.5 Å². The number of hydrogen-bond acceptors (Lipinski definition) is 5. The van der Waals surface area contributed by atoms with E-state index in [2.05, 4.69) is 31.9 Å². The molecule has 33 heavy (non-hydrogen) atoms. The van der Waals surface area contributed by atoms with Crippen LogP contribution in [0.5, 0.6) is 0 Å². The van der Waals surface area contributed by atoms with E-state index in [1.165, 1.54) is 18.3 Å². The number of nitrogens with zero attached hydrogens (tertiary/aromatic N) is 5. The van der Waals surface area contributed by atoms with Crippen LogP contribution in [-0.2, 0) is 19.5 Å². The fourth-order valence-corrected chi connectivity index (χ4v) is 3.29. The molecule has 3 heterocycles. The standard InChI is InChI=1S/C22H18F2N6O3/c1-2-17-26-20-18(21(31)30(17)12-16(23)24)27-19(28-20)15-10-25-29(11-15)8-4-6-13-5-3-7-14(9-13)22(32)33/h3,5,7,9-11,16H,2,8,12H2,1H3,(H,27,28)(H,32,33). The molecule has 0 saturated carbocycles. The van der Waals surface area contributed by atoms with Crippen LogP contribution in [0.4, 0.5) is 8.78 Å². The third kappa shape index (κ3) is 4.64. The number of aryl methyl sites for hydroxylation is 1. The molecule has 168 valence electrons. The molecular formula is C22H18F2N6O3. The summed E-state index contributed by atoms with van der Waals surface area (Å²) < 4.78 is 28.3. The third-order valence-electron chi connectivity index (χ3n) is 4.82. The van der Waals surface area contributed by atoms with E-state index in [0.717, 1.165) is 4.57 Å². The van der Waals surface area contributed by atoms with E-state index in [9.17, 15) is 18.4 Å². The number of imidazole rings is 1. The number of fused-ring (bicyclic) bond motifs is 1. The van der Waals surface area contributed by atoms with Crippen molar-refractivity contribution in [3.05, 3.63) is 64.0 Å². The number of hydrogen-bond donors (Lipinski definition) is 2. The molecule has 0 amide bonds. The fraction of sp³-hybridized carbons (Fsp3) is 0.227. The second kappa shape index (κ2) is 9.04. The number of carboxylic acid groups (broad SMARTS) is 1. The predicted octanol–water partition coefficient (Wildman–Crippen LogP) is 2.56. The normalized spacial score (nSPS) is 11.0. The van der Waals surface area contributed by atoms with Crippen LogP contribution in [0.2, 0.25) is 0 Å². The highest BCUT2D eigenvalue weighted by Gasteiger charge is 2.18. The molecule has 9 nitrogen and oxygen atoms in total. The van der Waals surface area contributed by atoms with Crippen molar-refractivity contribution in [1.82, 2.24) is 29.3 Å². The number of alkyl halides is 2. The van der Waals surface area contributed by atoms with Gasteiger partial charge in [0.05, 0.1) is 23.9 Å². The molecule has 0 aliphatic carbocycles. The van der Waals surface area contributed by atoms with E-state index in [1.807, 2.05) is 0 Å². The molecule has 4 rings (SSSR count). The largest absolute Gasteiger partial charge is 0.478 e. The van der Waals surface area contributed by atoms with Gasteiger partial charge >= 0.3 is 5.97 Å². The molecule has 0 bridgehead atoms. The summed E-state index contributed by atoms with van der Waals surface area (Å²) in [5, 5.41) is 13.3. The van der Waals surface area contributed by atoms with Crippen LogP contribution < -0.4 is 5.56 Å². The zero-order chi connectivity index (χ0) is 23.5. The summed E-state index contributed by atoms with van der Waals surface area (Å²) in [4.78, 5) is 35.2. The summed E-state index contributed by atoms with van der Waals surface area (Å²) in [5.41, 5.74) is 0.896. The van der Waals surface area contributed by atoms with Gasteiger partial charge in [-0.15, -0.1) is 0 Å². The number of aromatic carboxylic acids is 1. The van der Waals surface area contributed by atoms with Gasteiger partial charge < -0.3 is 10.1 Å². The molecule has 0 atom stereocenters. The molecule has 0 radical (unpaired) electrons. The molecule has 0 aliphatic rings. The summed E-state index contributed by atoms with van der Waals surface area (Å²) in [7, 11) is 0. The van der Waals surface area contributed by atoms with Gasteiger partial charge in [-0.25, -0.2) is 23.5 Å². The molecule has 1 aromatic carbocycles. The second-order valence-corrected chi connectivity index (χ2v) is 7.09. The van der Waals surface area contributed by atoms with Crippen LogP contribution >= 0.6 is 0 Å². The lowest BCUT2D eigenvalue weighted by atomic mass is 10.1. The Morgan fingerprint density at radius 2 is 2.12 bits per heavy atom. The maximum Gasteiger partial charge on any atom is 0.335 e. The van der Waals surface area contributed by atoms with Gasteiger partial charge in [0.15, 0.2) is 11.2 Å². The van der Waals surface area contributed by atoms with E-state index < -0.39 is 24.5 Å². The van der Waals surface area contributed by atoms with Gasteiger partial charge in [0.2, 0.25) is 0 Å². The first-order valence-corrected chi connectivity index (χ1v) is 9.98. The highest BCUT2D eigenvalue weighted by Crippen LogP contribution is 2.18. The summed E-state index contributed by atoms with van der Waals surface area (Å²) >= 11 is 0. The van der Waals surface area contributed by atoms with Crippen molar-refractivity contribution < 1.29 is 18.7 Å². The monoisotopic (exact) mass is 452 g/mol. The Bertz CT molecular complexity index is 1460. The number of rotatable bonds is 6. The highest BCUT2D eigenvalue weighted by atomic mass is 19.3. The van der Waals surface area contributed by atoms with E-state index in [4.69, 9.17) is 5.11 Å². The van der Waals surface area contributed by atoms with Gasteiger partial charge in [-0.3, -0.25) is 14.0 Å². The van der Waals surface area contributed by atoms with Crippen molar-refractivity contribution >= 4 is 17.1 Å². The molecule has 0 unspecified atom stereocenters. The lowest BCUT2D eigenvalue weighted by Crippen LogP contribution is -2.28. The zero-order valence-electron chi connectivity index (χ0n) is 17.4. The molecule has 0 spiro atoms. The minimum absolute atomic E-state index is 0.0497. The smallest absolute Gasteiger partial charge is 0.335 e. The number of carbonyl (C=O) groups is 1. The number of benzene rings is 1. The molecule has 4 aromatic rings. The van der Waals surface area contributed by atoms with E-state index >= 15 is 0 Å². The van der Waals surface area contributed by atoms with Crippen LogP contribution in [-0.4, -0.2) is 46.8 Å². The maximum atomic E-state index is 12.9. The molecular weight excluding hydrogens is 434 g/mol. The summed E-state index contributed by atoms with van der Waals surface area (Å²) in [6.45, 7) is 1.23. The average Bonchev–Trinajstić information content (AvgIpc) is 3.42. The third-order valence-corrected chi connectivity index (χ3v) is 4.82. The Morgan fingerprint density at radius 1 is 1.30 bits per heavy atom. The summed E-state index contributed by atoms with van der Waals surface area (Å²) in [6.07, 6.45) is 0.827. The van der Waals surface area contributed by atoms with Gasteiger partial charge in [0.25, 0.3) is 12.0 Å². The van der Waals surface area contributed by atoms with E-state index in [-0.39, 0.29) is 29.1 Å².